The summed E-state index contributed by atoms with van der Waals surface area (Å²) in [5, 5.41) is 3.28. The van der Waals surface area contributed by atoms with E-state index >= 15 is 0 Å². The van der Waals surface area contributed by atoms with Crippen molar-refractivity contribution in [2.45, 2.75) is 12.4 Å². The predicted molar refractivity (Wildman–Crippen MR) is 80.7 cm³/mol. The Morgan fingerprint density at radius 3 is 2.75 bits per heavy atom. The number of fused-ring (bicyclic) bond motifs is 1. The van der Waals surface area contributed by atoms with Crippen molar-refractivity contribution in [3.63, 3.8) is 0 Å². The molecule has 5 heteroatoms. The number of aromatic nitrogens is 3. The van der Waals surface area contributed by atoms with E-state index in [2.05, 4.69) is 32.4 Å². The van der Waals surface area contributed by atoms with E-state index in [1.54, 1.807) is 12.4 Å². The lowest BCUT2D eigenvalue weighted by atomic mass is 10.1. The van der Waals surface area contributed by atoms with Crippen molar-refractivity contribution >= 4 is 28.6 Å². The highest BCUT2D eigenvalue weighted by Crippen LogP contribution is 2.13. The highest BCUT2D eigenvalue weighted by atomic mass is 35.5. The van der Waals surface area contributed by atoms with Gasteiger partial charge in [-0.1, -0.05) is 24.3 Å². The maximum Gasteiger partial charge on any atom is 0.180 e. The molecule has 0 amide bonds. The molecular formula is C15H13ClN4. The first-order chi connectivity index (χ1) is 9.85. The number of hydrogen-bond donors (Lipinski definition) is 1. The molecule has 4 nitrogen and oxygen atoms in total. The third kappa shape index (κ3) is 2.86. The number of anilines is 1. The first kappa shape index (κ1) is 12.8. The molecule has 1 N–H and O–H groups in total. The molecule has 0 aliphatic carbocycles. The number of benzene rings is 1. The summed E-state index contributed by atoms with van der Waals surface area (Å²) < 4.78 is 0. The lowest BCUT2D eigenvalue weighted by Gasteiger charge is -2.07. The van der Waals surface area contributed by atoms with E-state index in [-0.39, 0.29) is 0 Å². The molecule has 100 valence electrons. The average molecular weight is 285 g/mol. The number of nitrogens with zero attached hydrogens (tertiary/aromatic N) is 3. The Balaban J connectivity index is 1.76. The fourth-order valence-electron chi connectivity index (χ4n) is 1.97. The van der Waals surface area contributed by atoms with Gasteiger partial charge in [0.05, 0.1) is 0 Å². The summed E-state index contributed by atoms with van der Waals surface area (Å²) in [5.41, 5.74) is 3.72. The minimum atomic E-state index is 0.525. The van der Waals surface area contributed by atoms with E-state index in [1.165, 1.54) is 5.56 Å². The zero-order valence-corrected chi connectivity index (χ0v) is 11.5. The summed E-state index contributed by atoms with van der Waals surface area (Å²) >= 11 is 5.83. The molecule has 20 heavy (non-hydrogen) atoms. The Morgan fingerprint density at radius 2 is 1.85 bits per heavy atom. The molecule has 0 spiro atoms. The summed E-state index contributed by atoms with van der Waals surface area (Å²) in [7, 11) is 0. The molecule has 0 aliphatic heterocycles. The molecule has 0 radical (unpaired) electrons. The lowest BCUT2D eigenvalue weighted by molar-refractivity contribution is 1.10. The van der Waals surface area contributed by atoms with Crippen molar-refractivity contribution in [2.24, 2.45) is 0 Å². The second-order valence-electron chi connectivity index (χ2n) is 4.40. The number of hydrogen-bond acceptors (Lipinski definition) is 4. The van der Waals surface area contributed by atoms with Gasteiger partial charge in [-0.3, -0.25) is 4.98 Å². The van der Waals surface area contributed by atoms with Crippen LogP contribution in [0.1, 0.15) is 11.1 Å². The van der Waals surface area contributed by atoms with Crippen LogP contribution in [0.4, 0.5) is 5.82 Å². The Morgan fingerprint density at radius 1 is 1.00 bits per heavy atom. The highest BCUT2D eigenvalue weighted by molar-refractivity contribution is 6.17. The van der Waals surface area contributed by atoms with Crippen LogP contribution in [0.25, 0.3) is 11.2 Å². The molecule has 0 bridgehead atoms. The van der Waals surface area contributed by atoms with Gasteiger partial charge in [0.15, 0.2) is 5.65 Å². The molecule has 0 aliphatic rings. The van der Waals surface area contributed by atoms with Crippen LogP contribution in [-0.4, -0.2) is 15.0 Å². The zero-order chi connectivity index (χ0) is 13.8. The van der Waals surface area contributed by atoms with Gasteiger partial charge in [0, 0.05) is 24.8 Å². The molecule has 1 aromatic carbocycles. The Labute approximate surface area is 121 Å². The van der Waals surface area contributed by atoms with Gasteiger partial charge in [0.25, 0.3) is 0 Å². The standard InChI is InChI=1S/C15H13ClN4/c16-9-11-2-1-3-12(8-11)10-19-14-5-4-13-15(20-14)18-7-6-17-13/h1-8H,9-10H2,(H,18,19,20). The molecule has 0 saturated heterocycles. The lowest BCUT2D eigenvalue weighted by Crippen LogP contribution is -2.02. The smallest absolute Gasteiger partial charge is 0.180 e. The Kier molecular flexibility index (Phi) is 3.74. The van der Waals surface area contributed by atoms with Crippen molar-refractivity contribution in [3.8, 4) is 0 Å². The maximum absolute atomic E-state index is 5.83. The van der Waals surface area contributed by atoms with Crippen LogP contribution in [0.3, 0.4) is 0 Å². The number of alkyl halides is 1. The first-order valence-corrected chi connectivity index (χ1v) is 6.84. The largest absolute Gasteiger partial charge is 0.366 e. The molecule has 0 unspecified atom stereocenters. The fourth-order valence-corrected chi connectivity index (χ4v) is 2.13. The van der Waals surface area contributed by atoms with Crippen LogP contribution in [0.5, 0.6) is 0 Å². The van der Waals surface area contributed by atoms with Gasteiger partial charge in [-0.15, -0.1) is 11.6 Å². The molecule has 2 aromatic heterocycles. The van der Waals surface area contributed by atoms with Crippen molar-refractivity contribution in [2.75, 3.05) is 5.32 Å². The minimum absolute atomic E-state index is 0.525. The molecule has 3 rings (SSSR count). The molecule has 0 saturated carbocycles. The van der Waals surface area contributed by atoms with Crippen LogP contribution in [-0.2, 0) is 12.4 Å². The van der Waals surface area contributed by atoms with E-state index in [9.17, 15) is 0 Å². The normalized spacial score (nSPS) is 10.7. The predicted octanol–water partition coefficient (Wildman–Crippen LogP) is 3.38. The number of rotatable bonds is 4. The minimum Gasteiger partial charge on any atom is -0.366 e. The van der Waals surface area contributed by atoms with Crippen molar-refractivity contribution in [1.82, 2.24) is 15.0 Å². The van der Waals surface area contributed by atoms with Crippen LogP contribution in [0.2, 0.25) is 0 Å². The van der Waals surface area contributed by atoms with Gasteiger partial charge in [-0.2, -0.15) is 0 Å². The molecular weight excluding hydrogens is 272 g/mol. The van der Waals surface area contributed by atoms with Crippen LogP contribution >= 0.6 is 11.6 Å². The van der Waals surface area contributed by atoms with Gasteiger partial charge < -0.3 is 5.32 Å². The van der Waals surface area contributed by atoms with Gasteiger partial charge in [-0.05, 0) is 23.3 Å². The fraction of sp³-hybridized carbons (Fsp3) is 0.133. The molecule has 3 aromatic rings. The Hall–Kier alpha value is -2.20. The number of nitrogens with one attached hydrogen (secondary N) is 1. The summed E-state index contributed by atoms with van der Waals surface area (Å²) in [6.07, 6.45) is 3.30. The molecule has 2 heterocycles. The maximum atomic E-state index is 5.83. The zero-order valence-electron chi connectivity index (χ0n) is 10.8. The van der Waals surface area contributed by atoms with E-state index in [0.717, 1.165) is 16.9 Å². The van der Waals surface area contributed by atoms with Crippen LogP contribution in [0.15, 0.2) is 48.8 Å². The van der Waals surface area contributed by atoms with Crippen LogP contribution in [0, 0.1) is 0 Å². The topological polar surface area (TPSA) is 50.7 Å². The van der Waals surface area contributed by atoms with Crippen molar-refractivity contribution in [1.29, 1.82) is 0 Å². The highest BCUT2D eigenvalue weighted by Gasteiger charge is 2.00. The Bertz CT molecular complexity index is 730. The van der Waals surface area contributed by atoms with Gasteiger partial charge in [0.2, 0.25) is 0 Å². The average Bonchev–Trinajstić information content (AvgIpc) is 2.53. The van der Waals surface area contributed by atoms with Gasteiger partial charge in [0.1, 0.15) is 11.3 Å². The second kappa shape index (κ2) is 5.84. The number of pyridine rings is 1. The molecule has 0 fully saturated rings. The summed E-state index contributed by atoms with van der Waals surface area (Å²) in [6, 6.07) is 12.0. The number of halogens is 1. The van der Waals surface area contributed by atoms with E-state index in [4.69, 9.17) is 11.6 Å². The van der Waals surface area contributed by atoms with E-state index in [1.807, 2.05) is 24.3 Å². The monoisotopic (exact) mass is 284 g/mol. The summed E-state index contributed by atoms with van der Waals surface area (Å²) in [4.78, 5) is 12.8. The summed E-state index contributed by atoms with van der Waals surface area (Å²) in [5.74, 6) is 1.31. The van der Waals surface area contributed by atoms with Crippen molar-refractivity contribution in [3.05, 3.63) is 59.9 Å². The molecule has 0 atom stereocenters. The summed E-state index contributed by atoms with van der Waals surface area (Å²) in [6.45, 7) is 0.698. The van der Waals surface area contributed by atoms with Crippen LogP contribution < -0.4 is 5.32 Å². The van der Waals surface area contributed by atoms with Gasteiger partial charge >= 0.3 is 0 Å². The SMILES string of the molecule is ClCc1cccc(CNc2ccc3nccnc3n2)c1. The quantitative estimate of drug-likeness (QED) is 0.746. The third-order valence-corrected chi connectivity index (χ3v) is 3.26. The first-order valence-electron chi connectivity index (χ1n) is 6.30. The van der Waals surface area contributed by atoms with E-state index < -0.39 is 0 Å². The van der Waals surface area contributed by atoms with Crippen molar-refractivity contribution < 1.29 is 0 Å². The third-order valence-electron chi connectivity index (χ3n) is 2.95. The van der Waals surface area contributed by atoms with Gasteiger partial charge in [-0.25, -0.2) is 9.97 Å². The van der Waals surface area contributed by atoms with E-state index in [0.29, 0.717) is 18.1 Å². The second-order valence-corrected chi connectivity index (χ2v) is 4.67.